The van der Waals surface area contributed by atoms with Crippen molar-refractivity contribution in [1.29, 1.82) is 0 Å². The van der Waals surface area contributed by atoms with Gasteiger partial charge in [-0.3, -0.25) is 4.79 Å². The zero-order valence-electron chi connectivity index (χ0n) is 9.23. The van der Waals surface area contributed by atoms with E-state index in [4.69, 9.17) is 11.6 Å². The molecule has 17 heavy (non-hydrogen) atoms. The molecule has 4 nitrogen and oxygen atoms in total. The molecular formula is C11H12ClNO3S. The maximum Gasteiger partial charge on any atom is 0.251 e. The van der Waals surface area contributed by atoms with Crippen molar-refractivity contribution in [3.8, 4) is 0 Å². The summed E-state index contributed by atoms with van der Waals surface area (Å²) in [5, 5.41) is 2.82. The molecule has 0 saturated heterocycles. The smallest absolute Gasteiger partial charge is 0.251 e. The molecule has 0 spiro atoms. The van der Waals surface area contributed by atoms with Gasteiger partial charge in [-0.15, -0.1) is 0 Å². The molecule has 1 N–H and O–H groups in total. The molecule has 1 aromatic carbocycles. The van der Waals surface area contributed by atoms with Crippen molar-refractivity contribution >= 4 is 27.3 Å². The molecule has 0 unspecified atom stereocenters. The van der Waals surface area contributed by atoms with E-state index in [9.17, 15) is 13.2 Å². The number of nitrogens with one attached hydrogen (secondary N) is 1. The van der Waals surface area contributed by atoms with Gasteiger partial charge in [0.25, 0.3) is 5.91 Å². The van der Waals surface area contributed by atoms with Crippen LogP contribution in [0, 0.1) is 0 Å². The minimum Gasteiger partial charge on any atom is -0.347 e. The Bertz CT molecular complexity index is 552. The zero-order chi connectivity index (χ0) is 13.1. The van der Waals surface area contributed by atoms with E-state index in [1.54, 1.807) is 0 Å². The van der Waals surface area contributed by atoms with Crippen molar-refractivity contribution < 1.29 is 13.2 Å². The highest BCUT2D eigenvalue weighted by atomic mass is 35.5. The first-order chi connectivity index (χ1) is 7.80. The van der Waals surface area contributed by atoms with Crippen molar-refractivity contribution in [2.75, 3.05) is 12.8 Å². The maximum atomic E-state index is 11.6. The summed E-state index contributed by atoms with van der Waals surface area (Å²) >= 11 is 5.51. The average molecular weight is 274 g/mol. The Labute approximate surface area is 105 Å². The zero-order valence-corrected chi connectivity index (χ0v) is 10.8. The number of benzene rings is 1. The summed E-state index contributed by atoms with van der Waals surface area (Å²) in [5.74, 6) is -0.391. The van der Waals surface area contributed by atoms with E-state index in [1.807, 2.05) is 0 Å². The Balaban J connectivity index is 2.93. The summed E-state index contributed by atoms with van der Waals surface area (Å²) in [6.45, 7) is 3.57. The van der Waals surface area contributed by atoms with Gasteiger partial charge in [-0.25, -0.2) is 8.42 Å². The number of rotatable bonds is 4. The SMILES string of the molecule is C=C(Cl)CNC(=O)c1cccc(S(C)(=O)=O)c1. The third kappa shape index (κ3) is 4.20. The first-order valence-corrected chi connectivity index (χ1v) is 6.99. The Morgan fingerprint density at radius 3 is 2.65 bits per heavy atom. The second kappa shape index (κ2) is 5.33. The lowest BCUT2D eigenvalue weighted by Gasteiger charge is -2.05. The van der Waals surface area contributed by atoms with Crippen molar-refractivity contribution in [3.05, 3.63) is 41.4 Å². The first kappa shape index (κ1) is 13.7. The Hall–Kier alpha value is -1.33. The van der Waals surface area contributed by atoms with Crippen LogP contribution in [-0.4, -0.2) is 27.1 Å². The van der Waals surface area contributed by atoms with Crippen molar-refractivity contribution in [2.45, 2.75) is 4.90 Å². The molecule has 0 saturated carbocycles. The molecule has 0 atom stereocenters. The number of hydrogen-bond acceptors (Lipinski definition) is 3. The van der Waals surface area contributed by atoms with Crippen LogP contribution in [0.4, 0.5) is 0 Å². The number of hydrogen-bond donors (Lipinski definition) is 1. The number of halogens is 1. The van der Waals surface area contributed by atoms with Crippen LogP contribution >= 0.6 is 11.6 Å². The molecule has 0 aliphatic carbocycles. The second-order valence-electron chi connectivity index (χ2n) is 3.50. The average Bonchev–Trinajstić information content (AvgIpc) is 2.25. The molecule has 0 bridgehead atoms. The lowest BCUT2D eigenvalue weighted by molar-refractivity contribution is 0.0957. The molecular weight excluding hydrogens is 262 g/mol. The van der Waals surface area contributed by atoms with Crippen LogP contribution in [0.3, 0.4) is 0 Å². The standard InChI is InChI=1S/C11H12ClNO3S/c1-8(12)7-13-11(14)9-4-3-5-10(6-9)17(2,15)16/h3-6H,1,7H2,2H3,(H,13,14). The van der Waals surface area contributed by atoms with Crippen LogP contribution < -0.4 is 5.32 Å². The van der Waals surface area contributed by atoms with E-state index in [0.29, 0.717) is 5.03 Å². The van der Waals surface area contributed by atoms with Gasteiger partial charge in [-0.2, -0.15) is 0 Å². The van der Waals surface area contributed by atoms with E-state index < -0.39 is 15.7 Å². The van der Waals surface area contributed by atoms with Crippen molar-refractivity contribution in [3.63, 3.8) is 0 Å². The second-order valence-corrected chi connectivity index (χ2v) is 6.05. The summed E-state index contributed by atoms with van der Waals surface area (Å²) in [6.07, 6.45) is 1.09. The van der Waals surface area contributed by atoms with Gasteiger partial charge in [0.15, 0.2) is 9.84 Å². The fourth-order valence-electron chi connectivity index (χ4n) is 1.15. The minimum absolute atomic E-state index is 0.106. The van der Waals surface area contributed by atoms with Gasteiger partial charge in [0.2, 0.25) is 0 Å². The van der Waals surface area contributed by atoms with E-state index in [-0.39, 0.29) is 17.0 Å². The quantitative estimate of drug-likeness (QED) is 0.906. The summed E-state index contributed by atoms with van der Waals surface area (Å²) in [5.41, 5.74) is 0.269. The van der Waals surface area contributed by atoms with Gasteiger partial charge in [0.05, 0.1) is 11.4 Å². The fraction of sp³-hybridized carbons (Fsp3) is 0.182. The van der Waals surface area contributed by atoms with Crippen molar-refractivity contribution in [1.82, 2.24) is 5.32 Å². The Morgan fingerprint density at radius 2 is 2.12 bits per heavy atom. The van der Waals surface area contributed by atoms with Crippen LogP contribution in [0.15, 0.2) is 40.8 Å². The van der Waals surface area contributed by atoms with Crippen LogP contribution in [0.2, 0.25) is 0 Å². The predicted octanol–water partition coefficient (Wildman–Crippen LogP) is 1.57. The van der Waals surface area contributed by atoms with Crippen molar-refractivity contribution in [2.24, 2.45) is 0 Å². The largest absolute Gasteiger partial charge is 0.347 e. The summed E-state index contributed by atoms with van der Waals surface area (Å²) in [7, 11) is -3.31. The molecule has 1 aromatic rings. The highest BCUT2D eigenvalue weighted by Crippen LogP contribution is 2.11. The third-order valence-electron chi connectivity index (χ3n) is 1.97. The Kier molecular flexibility index (Phi) is 4.31. The lowest BCUT2D eigenvalue weighted by atomic mass is 10.2. The van der Waals surface area contributed by atoms with E-state index >= 15 is 0 Å². The molecule has 1 amide bonds. The number of carbonyl (C=O) groups is 1. The van der Waals surface area contributed by atoms with Gasteiger partial charge in [-0.05, 0) is 18.2 Å². The van der Waals surface area contributed by atoms with Gasteiger partial charge in [0, 0.05) is 16.9 Å². The molecule has 92 valence electrons. The topological polar surface area (TPSA) is 63.2 Å². The molecule has 1 rings (SSSR count). The van der Waals surface area contributed by atoms with E-state index in [1.165, 1.54) is 24.3 Å². The third-order valence-corrected chi connectivity index (χ3v) is 3.21. The molecule has 0 fully saturated rings. The number of amides is 1. The molecule has 0 radical (unpaired) electrons. The van der Waals surface area contributed by atoms with Crippen LogP contribution in [0.1, 0.15) is 10.4 Å². The molecule has 0 aliphatic rings. The highest BCUT2D eigenvalue weighted by molar-refractivity contribution is 7.90. The summed E-state index contributed by atoms with van der Waals surface area (Å²) in [4.78, 5) is 11.7. The maximum absolute atomic E-state index is 11.6. The van der Waals surface area contributed by atoms with Gasteiger partial charge in [0.1, 0.15) is 0 Å². The van der Waals surface area contributed by atoms with Gasteiger partial charge >= 0.3 is 0 Å². The minimum atomic E-state index is -3.31. The molecule has 0 aliphatic heterocycles. The first-order valence-electron chi connectivity index (χ1n) is 4.72. The van der Waals surface area contributed by atoms with Gasteiger partial charge in [-0.1, -0.05) is 24.2 Å². The van der Waals surface area contributed by atoms with E-state index in [0.717, 1.165) is 6.26 Å². The van der Waals surface area contributed by atoms with Gasteiger partial charge < -0.3 is 5.32 Å². The number of carbonyl (C=O) groups excluding carboxylic acids is 1. The van der Waals surface area contributed by atoms with Crippen LogP contribution in [0.25, 0.3) is 0 Å². The normalized spacial score (nSPS) is 10.9. The fourth-order valence-corrected chi connectivity index (χ4v) is 1.88. The Morgan fingerprint density at radius 1 is 1.47 bits per heavy atom. The number of sulfone groups is 1. The molecule has 0 heterocycles. The highest BCUT2D eigenvalue weighted by Gasteiger charge is 2.11. The predicted molar refractivity (Wildman–Crippen MR) is 66.9 cm³/mol. The lowest BCUT2D eigenvalue weighted by Crippen LogP contribution is -2.24. The molecule has 6 heteroatoms. The summed E-state index contributed by atoms with van der Waals surface area (Å²) < 4.78 is 22.6. The van der Waals surface area contributed by atoms with Crippen LogP contribution in [-0.2, 0) is 9.84 Å². The van der Waals surface area contributed by atoms with Crippen LogP contribution in [0.5, 0.6) is 0 Å². The summed E-state index contributed by atoms with van der Waals surface area (Å²) in [6, 6.07) is 5.80. The molecule has 0 aromatic heterocycles. The van der Waals surface area contributed by atoms with E-state index in [2.05, 4.69) is 11.9 Å². The monoisotopic (exact) mass is 273 g/mol.